The SMILES string of the molecule is NCC1CCCc2sc(-c3coc4ccccc34)nc21. The summed E-state index contributed by atoms with van der Waals surface area (Å²) < 4.78 is 5.63. The maximum Gasteiger partial charge on any atom is 0.134 e. The largest absolute Gasteiger partial charge is 0.464 e. The Morgan fingerprint density at radius 3 is 3.15 bits per heavy atom. The predicted molar refractivity (Wildman–Crippen MR) is 82.1 cm³/mol. The quantitative estimate of drug-likeness (QED) is 0.775. The molecule has 1 unspecified atom stereocenters. The normalized spacial score (nSPS) is 18.4. The molecule has 1 aliphatic rings. The number of aryl methyl sites for hydroxylation is 1. The van der Waals surface area contributed by atoms with Crippen LogP contribution in [0, 0.1) is 0 Å². The summed E-state index contributed by atoms with van der Waals surface area (Å²) in [7, 11) is 0. The molecule has 4 heteroatoms. The zero-order valence-corrected chi connectivity index (χ0v) is 12.0. The first-order valence-corrected chi connectivity index (χ1v) is 7.84. The van der Waals surface area contributed by atoms with Gasteiger partial charge in [-0.25, -0.2) is 4.98 Å². The summed E-state index contributed by atoms with van der Waals surface area (Å²) in [5, 5.41) is 2.21. The molecule has 4 rings (SSSR count). The zero-order valence-electron chi connectivity index (χ0n) is 11.1. The lowest BCUT2D eigenvalue weighted by atomic mass is 9.91. The molecule has 2 heterocycles. The van der Waals surface area contributed by atoms with E-state index >= 15 is 0 Å². The lowest BCUT2D eigenvalue weighted by molar-refractivity contribution is 0.554. The van der Waals surface area contributed by atoms with Crippen LogP contribution in [-0.4, -0.2) is 11.5 Å². The monoisotopic (exact) mass is 284 g/mol. The summed E-state index contributed by atoms with van der Waals surface area (Å²) in [5.74, 6) is 0.432. The third-order valence-electron chi connectivity index (χ3n) is 4.07. The van der Waals surface area contributed by atoms with E-state index in [2.05, 4.69) is 6.07 Å². The van der Waals surface area contributed by atoms with Gasteiger partial charge >= 0.3 is 0 Å². The fourth-order valence-electron chi connectivity index (χ4n) is 3.00. The van der Waals surface area contributed by atoms with Crippen LogP contribution in [0.25, 0.3) is 21.5 Å². The molecule has 20 heavy (non-hydrogen) atoms. The van der Waals surface area contributed by atoms with Crippen LogP contribution in [0.5, 0.6) is 0 Å². The molecule has 3 nitrogen and oxygen atoms in total. The Kier molecular flexibility index (Phi) is 2.86. The maximum atomic E-state index is 5.88. The number of rotatable bonds is 2. The van der Waals surface area contributed by atoms with Crippen molar-refractivity contribution in [2.24, 2.45) is 5.73 Å². The van der Waals surface area contributed by atoms with Gasteiger partial charge < -0.3 is 10.2 Å². The number of nitrogens with two attached hydrogens (primary N) is 1. The second-order valence-corrected chi connectivity index (χ2v) is 6.38. The average Bonchev–Trinajstić information content (AvgIpc) is 3.10. The summed E-state index contributed by atoms with van der Waals surface area (Å²) in [4.78, 5) is 6.28. The number of furan rings is 1. The van der Waals surface area contributed by atoms with Crippen molar-refractivity contribution in [2.45, 2.75) is 25.2 Å². The van der Waals surface area contributed by atoms with Crippen molar-refractivity contribution in [1.82, 2.24) is 4.98 Å². The van der Waals surface area contributed by atoms with E-state index in [0.29, 0.717) is 12.5 Å². The molecule has 2 N–H and O–H groups in total. The Hall–Kier alpha value is -1.65. The zero-order chi connectivity index (χ0) is 13.5. The van der Waals surface area contributed by atoms with Gasteiger partial charge in [0, 0.05) is 22.7 Å². The molecule has 2 aromatic heterocycles. The van der Waals surface area contributed by atoms with Gasteiger partial charge in [0.1, 0.15) is 16.9 Å². The molecule has 1 aliphatic carbocycles. The number of benzene rings is 1. The van der Waals surface area contributed by atoms with Crippen LogP contribution >= 0.6 is 11.3 Å². The maximum absolute atomic E-state index is 5.88. The van der Waals surface area contributed by atoms with E-state index < -0.39 is 0 Å². The molecule has 1 aromatic carbocycles. The van der Waals surface area contributed by atoms with Gasteiger partial charge in [-0.1, -0.05) is 18.2 Å². The highest BCUT2D eigenvalue weighted by Crippen LogP contribution is 2.40. The smallest absolute Gasteiger partial charge is 0.134 e. The van der Waals surface area contributed by atoms with Crippen LogP contribution in [0.4, 0.5) is 0 Å². The molecule has 0 fully saturated rings. The summed E-state index contributed by atoms with van der Waals surface area (Å²) in [6.07, 6.45) is 5.35. The molecule has 0 aliphatic heterocycles. The van der Waals surface area contributed by atoms with Crippen LogP contribution in [0.1, 0.15) is 29.3 Å². The highest BCUT2D eigenvalue weighted by Gasteiger charge is 2.24. The fraction of sp³-hybridized carbons (Fsp3) is 0.312. The van der Waals surface area contributed by atoms with E-state index in [1.54, 1.807) is 11.3 Å². The van der Waals surface area contributed by atoms with Gasteiger partial charge in [0.2, 0.25) is 0 Å². The van der Waals surface area contributed by atoms with Gasteiger partial charge in [-0.2, -0.15) is 0 Å². The summed E-state index contributed by atoms with van der Waals surface area (Å²) in [6.45, 7) is 0.697. The minimum atomic E-state index is 0.432. The van der Waals surface area contributed by atoms with E-state index in [0.717, 1.165) is 28.0 Å². The van der Waals surface area contributed by atoms with Gasteiger partial charge in [-0.05, 0) is 25.3 Å². The van der Waals surface area contributed by atoms with E-state index in [1.165, 1.54) is 23.4 Å². The van der Waals surface area contributed by atoms with Crippen molar-refractivity contribution in [1.29, 1.82) is 0 Å². The second kappa shape index (κ2) is 4.72. The van der Waals surface area contributed by atoms with Crippen LogP contribution in [0.15, 0.2) is 34.9 Å². The summed E-state index contributed by atoms with van der Waals surface area (Å²) in [6, 6.07) is 8.12. The summed E-state index contributed by atoms with van der Waals surface area (Å²) >= 11 is 1.80. The van der Waals surface area contributed by atoms with E-state index in [1.807, 2.05) is 24.5 Å². The van der Waals surface area contributed by atoms with E-state index in [4.69, 9.17) is 15.1 Å². The van der Waals surface area contributed by atoms with Crippen molar-refractivity contribution in [3.05, 3.63) is 41.1 Å². The molecule has 0 saturated heterocycles. The lowest BCUT2D eigenvalue weighted by Crippen LogP contribution is -2.17. The highest BCUT2D eigenvalue weighted by molar-refractivity contribution is 7.15. The van der Waals surface area contributed by atoms with Gasteiger partial charge in [0.25, 0.3) is 0 Å². The van der Waals surface area contributed by atoms with E-state index in [9.17, 15) is 0 Å². The number of hydrogen-bond donors (Lipinski definition) is 1. The van der Waals surface area contributed by atoms with Crippen molar-refractivity contribution >= 4 is 22.3 Å². The minimum Gasteiger partial charge on any atom is -0.464 e. The van der Waals surface area contributed by atoms with Gasteiger partial charge in [-0.3, -0.25) is 0 Å². The van der Waals surface area contributed by atoms with Crippen LogP contribution in [0.3, 0.4) is 0 Å². The molecule has 0 saturated carbocycles. The van der Waals surface area contributed by atoms with Crippen molar-refractivity contribution in [2.75, 3.05) is 6.54 Å². The van der Waals surface area contributed by atoms with Gasteiger partial charge in [-0.15, -0.1) is 11.3 Å². The first-order chi connectivity index (χ1) is 9.86. The average molecular weight is 284 g/mol. The molecule has 0 bridgehead atoms. The first-order valence-electron chi connectivity index (χ1n) is 7.03. The third kappa shape index (κ3) is 1.79. The standard InChI is InChI=1S/C16H16N2OS/c17-8-10-4-3-7-14-15(10)18-16(20-14)12-9-19-13-6-2-1-5-11(12)13/h1-2,5-6,9-10H,3-4,7-8,17H2. The van der Waals surface area contributed by atoms with Crippen molar-refractivity contribution in [3.8, 4) is 10.6 Å². The predicted octanol–water partition coefficient (Wildman–Crippen LogP) is 3.93. The van der Waals surface area contributed by atoms with E-state index in [-0.39, 0.29) is 0 Å². The second-order valence-electron chi connectivity index (χ2n) is 5.30. The molecule has 3 aromatic rings. The molecular weight excluding hydrogens is 268 g/mol. The van der Waals surface area contributed by atoms with Crippen LogP contribution < -0.4 is 5.73 Å². The van der Waals surface area contributed by atoms with Gasteiger partial charge in [0.15, 0.2) is 0 Å². The van der Waals surface area contributed by atoms with Gasteiger partial charge in [0.05, 0.1) is 11.3 Å². The number of nitrogens with zero attached hydrogens (tertiary/aromatic N) is 1. The molecule has 102 valence electrons. The minimum absolute atomic E-state index is 0.432. The fourth-order valence-corrected chi connectivity index (χ4v) is 4.20. The number of para-hydroxylation sites is 1. The van der Waals surface area contributed by atoms with Crippen molar-refractivity contribution in [3.63, 3.8) is 0 Å². The Morgan fingerprint density at radius 1 is 1.35 bits per heavy atom. The highest BCUT2D eigenvalue weighted by atomic mass is 32.1. The number of thiazole rings is 1. The number of aromatic nitrogens is 1. The van der Waals surface area contributed by atoms with Crippen LogP contribution in [-0.2, 0) is 6.42 Å². The Labute approximate surface area is 121 Å². The molecule has 0 spiro atoms. The van der Waals surface area contributed by atoms with Crippen LogP contribution in [0.2, 0.25) is 0 Å². The molecule has 0 radical (unpaired) electrons. The Balaban J connectivity index is 1.85. The Bertz CT molecular complexity index is 759. The molecule has 0 amide bonds. The topological polar surface area (TPSA) is 52.0 Å². The third-order valence-corrected chi connectivity index (χ3v) is 5.23. The summed E-state index contributed by atoms with van der Waals surface area (Å²) in [5.41, 5.74) is 9.14. The number of fused-ring (bicyclic) bond motifs is 2. The number of hydrogen-bond acceptors (Lipinski definition) is 4. The lowest BCUT2D eigenvalue weighted by Gasteiger charge is -2.18. The Morgan fingerprint density at radius 2 is 2.25 bits per heavy atom. The first kappa shape index (κ1) is 12.1. The molecule has 1 atom stereocenters. The molecular formula is C16H16N2OS. The van der Waals surface area contributed by atoms with Crippen molar-refractivity contribution < 1.29 is 4.42 Å².